The minimum Gasteiger partial charge on any atom is -0.495 e. The molecule has 9 nitrogen and oxygen atoms in total. The molecule has 162 valence electrons. The monoisotopic (exact) mass is 422 g/mol. The maximum absolute atomic E-state index is 13.1. The molecule has 1 fully saturated rings. The van der Waals surface area contributed by atoms with Crippen LogP contribution < -0.4 is 20.7 Å². The van der Waals surface area contributed by atoms with Gasteiger partial charge in [0.25, 0.3) is 0 Å². The molecule has 5 rings (SSSR count). The Morgan fingerprint density at radius 1 is 1.26 bits per heavy atom. The van der Waals surface area contributed by atoms with Crippen molar-refractivity contribution in [3.63, 3.8) is 0 Å². The molecule has 3 aromatic rings. The molecule has 3 N–H and O–H groups in total. The summed E-state index contributed by atoms with van der Waals surface area (Å²) in [6, 6.07) is 7.51. The highest BCUT2D eigenvalue weighted by atomic mass is 16.5. The van der Waals surface area contributed by atoms with Crippen molar-refractivity contribution < 1.29 is 14.3 Å². The number of hydrogen-bond donors (Lipinski definition) is 3. The molecule has 1 aliphatic heterocycles. The lowest BCUT2D eigenvalue weighted by atomic mass is 9.92. The molecule has 31 heavy (non-hydrogen) atoms. The van der Waals surface area contributed by atoms with E-state index in [1.807, 2.05) is 31.3 Å². The lowest BCUT2D eigenvalue weighted by Gasteiger charge is -2.32. The average Bonchev–Trinajstić information content (AvgIpc) is 3.22. The van der Waals surface area contributed by atoms with Crippen molar-refractivity contribution >= 4 is 34.4 Å². The Morgan fingerprint density at radius 3 is 2.97 bits per heavy atom. The molecule has 3 heterocycles. The molecule has 9 heteroatoms. The molecule has 1 saturated carbocycles. The second kappa shape index (κ2) is 8.07. The van der Waals surface area contributed by atoms with Gasteiger partial charge in [0.15, 0.2) is 5.65 Å². The maximum atomic E-state index is 13.1. The second-order valence-electron chi connectivity index (χ2n) is 7.94. The molecular formula is C22H26N6O3. The highest BCUT2D eigenvalue weighted by Gasteiger charge is 2.29. The lowest BCUT2D eigenvalue weighted by molar-refractivity contribution is -0.00259. The number of pyridine rings is 1. The van der Waals surface area contributed by atoms with Crippen LogP contribution >= 0.6 is 0 Å². The summed E-state index contributed by atoms with van der Waals surface area (Å²) in [5.41, 5.74) is 3.70. The van der Waals surface area contributed by atoms with Crippen LogP contribution in [0.4, 0.5) is 22.0 Å². The zero-order chi connectivity index (χ0) is 21.4. The largest absolute Gasteiger partial charge is 0.495 e. The summed E-state index contributed by atoms with van der Waals surface area (Å²) in [6.45, 7) is 0.459. The number of hydrogen-bond acceptors (Lipinski definition) is 7. The number of amides is 1. The van der Waals surface area contributed by atoms with E-state index in [-0.39, 0.29) is 18.2 Å². The Hall–Kier alpha value is -3.33. The number of imidazole rings is 1. The first kappa shape index (κ1) is 19.6. The highest BCUT2D eigenvalue weighted by molar-refractivity contribution is 5.94. The molecule has 1 aromatic carbocycles. The molecule has 1 amide bonds. The fourth-order valence-electron chi connectivity index (χ4n) is 4.37. The predicted octanol–water partition coefficient (Wildman–Crippen LogP) is 3.62. The summed E-state index contributed by atoms with van der Waals surface area (Å²) >= 11 is 0. The third kappa shape index (κ3) is 3.65. The van der Waals surface area contributed by atoms with Crippen molar-refractivity contribution in [2.75, 3.05) is 24.8 Å². The molecule has 2 aliphatic rings. The number of methoxy groups -OCH3 is 1. The molecule has 0 saturated heterocycles. The van der Waals surface area contributed by atoms with Gasteiger partial charge < -0.3 is 25.4 Å². The summed E-state index contributed by atoms with van der Waals surface area (Å²) in [4.78, 5) is 22.3. The quantitative estimate of drug-likeness (QED) is 0.580. The van der Waals surface area contributed by atoms with Crippen molar-refractivity contribution in [2.24, 2.45) is 0 Å². The van der Waals surface area contributed by atoms with Crippen molar-refractivity contribution in [2.45, 2.75) is 44.4 Å². The van der Waals surface area contributed by atoms with E-state index < -0.39 is 0 Å². The summed E-state index contributed by atoms with van der Waals surface area (Å²) in [5, 5.41) is 9.63. The molecule has 0 radical (unpaired) electrons. The van der Waals surface area contributed by atoms with Crippen LogP contribution in [0.3, 0.4) is 0 Å². The van der Waals surface area contributed by atoms with E-state index >= 15 is 0 Å². The van der Waals surface area contributed by atoms with E-state index in [1.54, 1.807) is 7.11 Å². The maximum Gasteiger partial charge on any atom is 0.328 e. The minimum atomic E-state index is -0.247. The van der Waals surface area contributed by atoms with Gasteiger partial charge in [-0.05, 0) is 30.5 Å². The fourth-order valence-corrected chi connectivity index (χ4v) is 4.37. The van der Waals surface area contributed by atoms with E-state index in [2.05, 4.69) is 20.9 Å². The van der Waals surface area contributed by atoms with Crippen molar-refractivity contribution in [3.05, 3.63) is 36.2 Å². The second-order valence-corrected chi connectivity index (χ2v) is 7.94. The summed E-state index contributed by atoms with van der Waals surface area (Å²) < 4.78 is 13.3. The molecule has 2 atom stereocenters. The van der Waals surface area contributed by atoms with Crippen LogP contribution in [0, 0.1) is 0 Å². The van der Waals surface area contributed by atoms with Gasteiger partial charge in [0, 0.05) is 13.1 Å². The van der Waals surface area contributed by atoms with Crippen molar-refractivity contribution in [1.82, 2.24) is 19.9 Å². The third-order valence-corrected chi connectivity index (χ3v) is 6.00. The Labute approximate surface area is 180 Å². The van der Waals surface area contributed by atoms with Gasteiger partial charge in [-0.1, -0.05) is 18.9 Å². The van der Waals surface area contributed by atoms with Gasteiger partial charge in [0.1, 0.15) is 23.4 Å². The number of fused-ring (bicyclic) bond motifs is 4. The van der Waals surface area contributed by atoms with Crippen LogP contribution in [-0.4, -0.2) is 46.9 Å². The lowest BCUT2D eigenvalue weighted by Crippen LogP contribution is -2.47. The smallest absolute Gasteiger partial charge is 0.328 e. The first-order valence-electron chi connectivity index (χ1n) is 10.6. The van der Waals surface area contributed by atoms with Gasteiger partial charge in [-0.2, -0.15) is 0 Å². The fraction of sp³-hybridized carbons (Fsp3) is 0.409. The van der Waals surface area contributed by atoms with Gasteiger partial charge in [0.05, 0.1) is 37.2 Å². The van der Waals surface area contributed by atoms with Crippen molar-refractivity contribution in [3.8, 4) is 5.75 Å². The number of ether oxygens (including phenoxy) is 2. The Morgan fingerprint density at radius 2 is 2.13 bits per heavy atom. The summed E-state index contributed by atoms with van der Waals surface area (Å²) in [7, 11) is 3.46. The molecule has 1 aliphatic carbocycles. The number of nitrogens with one attached hydrogen (secondary N) is 3. The van der Waals surface area contributed by atoms with E-state index in [0.717, 1.165) is 42.6 Å². The number of nitrogens with zero attached hydrogens (tertiary/aromatic N) is 3. The zero-order valence-electron chi connectivity index (χ0n) is 17.6. The van der Waals surface area contributed by atoms with Gasteiger partial charge >= 0.3 is 6.03 Å². The number of rotatable bonds is 2. The minimum absolute atomic E-state index is 0.0367. The standard InChI is InChI=1S/C22H26N6O3/c1-23-16-10-19-25-15-9-13(7-8-17(15)30-2)11-31-18-6-4-3-5-14(18)26-22(29)28-12-24-20(16)21(28)27-19/h7-10,12,14,18H,3-6,11H2,1-2H3,(H,26,29)(H2,23,25,27)/t14-,18-/m1/s1. The predicted molar refractivity (Wildman–Crippen MR) is 118 cm³/mol. The van der Waals surface area contributed by atoms with Gasteiger partial charge in [-0.3, -0.25) is 0 Å². The third-order valence-electron chi connectivity index (χ3n) is 6.00. The number of anilines is 3. The van der Waals surface area contributed by atoms with Crippen LogP contribution in [0.1, 0.15) is 31.2 Å². The topological polar surface area (TPSA) is 102 Å². The van der Waals surface area contributed by atoms with E-state index in [0.29, 0.717) is 29.3 Å². The zero-order valence-corrected chi connectivity index (χ0v) is 17.6. The Balaban J connectivity index is 1.65. The van der Waals surface area contributed by atoms with Crippen molar-refractivity contribution in [1.29, 1.82) is 0 Å². The molecule has 0 unspecified atom stereocenters. The van der Waals surface area contributed by atoms with Gasteiger partial charge in [-0.25, -0.2) is 19.3 Å². The highest BCUT2D eigenvalue weighted by Crippen LogP contribution is 2.32. The number of carbonyl (C=O) groups is 1. The molecule has 0 spiro atoms. The normalized spacial score (nSPS) is 21.0. The van der Waals surface area contributed by atoms with E-state index in [4.69, 9.17) is 14.5 Å². The van der Waals surface area contributed by atoms with Crippen LogP contribution in [0.2, 0.25) is 0 Å². The average molecular weight is 422 g/mol. The Bertz CT molecular complexity index is 1130. The number of benzene rings is 1. The van der Waals surface area contributed by atoms with Crippen LogP contribution in [0.15, 0.2) is 30.6 Å². The number of carbonyl (C=O) groups excluding carboxylic acids is 1. The number of aromatic nitrogens is 3. The molecule has 2 aromatic heterocycles. The van der Waals surface area contributed by atoms with Gasteiger partial charge in [0.2, 0.25) is 0 Å². The Kier molecular flexibility index (Phi) is 5.11. The van der Waals surface area contributed by atoms with Crippen LogP contribution in [0.5, 0.6) is 5.75 Å². The SMILES string of the molecule is CNc1cc2nc3c1ncn3C(=O)N[C@@H]1CCCC[C@H]1OCc1ccc(OC)c(c1)N2. The molecular weight excluding hydrogens is 396 g/mol. The molecule has 4 bridgehead atoms. The van der Waals surface area contributed by atoms with Gasteiger partial charge in [-0.15, -0.1) is 0 Å². The van der Waals surface area contributed by atoms with E-state index in [1.165, 1.54) is 10.9 Å². The van der Waals surface area contributed by atoms with Crippen LogP contribution in [-0.2, 0) is 11.3 Å². The first-order valence-corrected chi connectivity index (χ1v) is 10.6. The van der Waals surface area contributed by atoms with E-state index in [9.17, 15) is 4.79 Å². The first-order chi connectivity index (χ1) is 15.2. The summed E-state index contributed by atoms with van der Waals surface area (Å²) in [5.74, 6) is 1.28. The van der Waals surface area contributed by atoms with Crippen LogP contribution in [0.25, 0.3) is 11.2 Å². The summed E-state index contributed by atoms with van der Waals surface area (Å²) in [6.07, 6.45) is 5.45.